The largest absolute Gasteiger partial charge is 0.389 e. The highest BCUT2D eigenvalue weighted by atomic mass is 16.5. The van der Waals surface area contributed by atoms with Crippen molar-refractivity contribution in [3.63, 3.8) is 0 Å². The van der Waals surface area contributed by atoms with Crippen LogP contribution in [0.15, 0.2) is 0 Å². The second kappa shape index (κ2) is 5.48. The molecule has 1 N–H and O–H groups in total. The first kappa shape index (κ1) is 12.3. The summed E-state index contributed by atoms with van der Waals surface area (Å²) < 4.78 is 5.62. The predicted octanol–water partition coefficient (Wildman–Crippen LogP) is 1.79. The van der Waals surface area contributed by atoms with Crippen molar-refractivity contribution < 1.29 is 9.84 Å². The first-order chi connectivity index (χ1) is 7.66. The smallest absolute Gasteiger partial charge is 0.0746 e. The molecule has 2 saturated heterocycles. The first-order valence-corrected chi connectivity index (χ1v) is 6.72. The molecular formula is C13H25NO2. The molecule has 2 rings (SSSR count). The fourth-order valence-corrected chi connectivity index (χ4v) is 2.93. The van der Waals surface area contributed by atoms with E-state index < -0.39 is 5.60 Å². The van der Waals surface area contributed by atoms with Gasteiger partial charge in [0.25, 0.3) is 0 Å². The molecule has 16 heavy (non-hydrogen) atoms. The van der Waals surface area contributed by atoms with Gasteiger partial charge in [0.2, 0.25) is 0 Å². The normalized spacial score (nSPS) is 36.8. The van der Waals surface area contributed by atoms with E-state index in [1.165, 1.54) is 25.7 Å². The van der Waals surface area contributed by atoms with Gasteiger partial charge < -0.3 is 14.7 Å². The Morgan fingerprint density at radius 3 is 3.00 bits per heavy atom. The lowest BCUT2D eigenvalue weighted by Crippen LogP contribution is -2.46. The van der Waals surface area contributed by atoms with Gasteiger partial charge in [-0.2, -0.15) is 0 Å². The lowest BCUT2D eigenvalue weighted by Gasteiger charge is -2.36. The van der Waals surface area contributed by atoms with Crippen LogP contribution in [-0.2, 0) is 4.74 Å². The zero-order valence-corrected chi connectivity index (χ0v) is 10.5. The van der Waals surface area contributed by atoms with Crippen molar-refractivity contribution in [1.82, 2.24) is 4.90 Å². The van der Waals surface area contributed by atoms with E-state index in [4.69, 9.17) is 4.74 Å². The molecule has 0 aromatic heterocycles. The van der Waals surface area contributed by atoms with Crippen LogP contribution in [0.3, 0.4) is 0 Å². The molecule has 2 aliphatic rings. The number of likely N-dealkylation sites (tertiary alicyclic amines) is 1. The van der Waals surface area contributed by atoms with E-state index >= 15 is 0 Å². The molecule has 2 unspecified atom stereocenters. The molecule has 2 heterocycles. The van der Waals surface area contributed by atoms with E-state index in [9.17, 15) is 5.11 Å². The quantitative estimate of drug-likeness (QED) is 0.795. The molecule has 0 radical (unpaired) electrons. The van der Waals surface area contributed by atoms with E-state index in [-0.39, 0.29) is 0 Å². The van der Waals surface area contributed by atoms with Gasteiger partial charge >= 0.3 is 0 Å². The van der Waals surface area contributed by atoms with Gasteiger partial charge in [0.05, 0.1) is 11.7 Å². The lowest BCUT2D eigenvalue weighted by molar-refractivity contribution is -0.0168. The minimum Gasteiger partial charge on any atom is -0.389 e. The fraction of sp³-hybridized carbons (Fsp3) is 1.00. The molecule has 94 valence electrons. The maximum atomic E-state index is 9.99. The molecule has 0 spiro atoms. The van der Waals surface area contributed by atoms with Crippen molar-refractivity contribution in [1.29, 1.82) is 0 Å². The van der Waals surface area contributed by atoms with Gasteiger partial charge in [-0.1, -0.05) is 0 Å². The standard InChI is InChI=1S/C13H25NO2/c1-13(15)7-4-9-14(11-13)8-2-5-12-6-3-10-16-12/h12,15H,2-11H2,1H3. The van der Waals surface area contributed by atoms with E-state index in [0.29, 0.717) is 6.10 Å². The number of ether oxygens (including phenoxy) is 1. The minimum absolute atomic E-state index is 0.456. The van der Waals surface area contributed by atoms with Gasteiger partial charge in [0.1, 0.15) is 0 Å². The number of rotatable bonds is 4. The SMILES string of the molecule is CC1(O)CCCN(CCCC2CCCO2)C1. The summed E-state index contributed by atoms with van der Waals surface area (Å²) in [4.78, 5) is 2.40. The van der Waals surface area contributed by atoms with Crippen molar-refractivity contribution in [2.45, 2.75) is 57.2 Å². The molecule has 2 aliphatic heterocycles. The Bertz CT molecular complexity index is 212. The Balaban J connectivity index is 1.61. The third-order valence-corrected chi connectivity index (χ3v) is 3.78. The van der Waals surface area contributed by atoms with Gasteiger partial charge in [-0.05, 0) is 58.5 Å². The third-order valence-electron chi connectivity index (χ3n) is 3.78. The first-order valence-electron chi connectivity index (χ1n) is 6.72. The Morgan fingerprint density at radius 1 is 1.44 bits per heavy atom. The van der Waals surface area contributed by atoms with Crippen molar-refractivity contribution in [2.24, 2.45) is 0 Å². The number of hydrogen-bond donors (Lipinski definition) is 1. The summed E-state index contributed by atoms with van der Waals surface area (Å²) in [6.45, 7) is 6.04. The topological polar surface area (TPSA) is 32.7 Å². The molecule has 3 nitrogen and oxygen atoms in total. The molecule has 0 amide bonds. The number of hydrogen-bond acceptors (Lipinski definition) is 3. The van der Waals surface area contributed by atoms with Gasteiger partial charge in [-0.15, -0.1) is 0 Å². The monoisotopic (exact) mass is 227 g/mol. The van der Waals surface area contributed by atoms with Crippen LogP contribution in [0.1, 0.15) is 45.4 Å². The van der Waals surface area contributed by atoms with Crippen LogP contribution in [0, 0.1) is 0 Å². The summed E-state index contributed by atoms with van der Waals surface area (Å²) >= 11 is 0. The maximum Gasteiger partial charge on any atom is 0.0746 e. The number of aliphatic hydroxyl groups is 1. The zero-order valence-electron chi connectivity index (χ0n) is 10.5. The van der Waals surface area contributed by atoms with Crippen molar-refractivity contribution >= 4 is 0 Å². The van der Waals surface area contributed by atoms with Crippen LogP contribution >= 0.6 is 0 Å². The van der Waals surface area contributed by atoms with Crippen LogP contribution < -0.4 is 0 Å². The van der Waals surface area contributed by atoms with Crippen molar-refractivity contribution in [2.75, 3.05) is 26.2 Å². The zero-order chi connectivity index (χ0) is 11.4. The average Bonchev–Trinajstić information content (AvgIpc) is 2.69. The highest BCUT2D eigenvalue weighted by Gasteiger charge is 2.28. The summed E-state index contributed by atoms with van der Waals surface area (Å²) in [5.74, 6) is 0. The third kappa shape index (κ3) is 3.72. The summed E-state index contributed by atoms with van der Waals surface area (Å²) in [6, 6.07) is 0. The van der Waals surface area contributed by atoms with Gasteiger partial charge in [0.15, 0.2) is 0 Å². The van der Waals surface area contributed by atoms with Gasteiger partial charge in [-0.25, -0.2) is 0 Å². The number of piperidine rings is 1. The molecule has 2 atom stereocenters. The fourth-order valence-electron chi connectivity index (χ4n) is 2.93. The van der Waals surface area contributed by atoms with E-state index in [1.807, 2.05) is 6.92 Å². The molecular weight excluding hydrogens is 202 g/mol. The Hall–Kier alpha value is -0.120. The van der Waals surface area contributed by atoms with Gasteiger partial charge in [-0.3, -0.25) is 0 Å². The average molecular weight is 227 g/mol. The molecule has 0 aromatic carbocycles. The van der Waals surface area contributed by atoms with Crippen LogP contribution in [0.5, 0.6) is 0 Å². The highest BCUT2D eigenvalue weighted by molar-refractivity contribution is 4.82. The summed E-state index contributed by atoms with van der Waals surface area (Å²) in [5, 5.41) is 9.99. The van der Waals surface area contributed by atoms with E-state index in [1.54, 1.807) is 0 Å². The Morgan fingerprint density at radius 2 is 2.31 bits per heavy atom. The van der Waals surface area contributed by atoms with Crippen LogP contribution in [-0.4, -0.2) is 48.0 Å². The van der Waals surface area contributed by atoms with Crippen LogP contribution in [0.4, 0.5) is 0 Å². The van der Waals surface area contributed by atoms with E-state index in [0.717, 1.165) is 39.1 Å². The highest BCUT2D eigenvalue weighted by Crippen LogP contribution is 2.21. The second-order valence-electron chi connectivity index (χ2n) is 5.65. The molecule has 0 aliphatic carbocycles. The van der Waals surface area contributed by atoms with Gasteiger partial charge in [0, 0.05) is 13.2 Å². The second-order valence-corrected chi connectivity index (χ2v) is 5.65. The Kier molecular flexibility index (Phi) is 4.22. The van der Waals surface area contributed by atoms with Crippen LogP contribution in [0.2, 0.25) is 0 Å². The predicted molar refractivity (Wildman–Crippen MR) is 64.5 cm³/mol. The minimum atomic E-state index is -0.456. The molecule has 2 fully saturated rings. The number of nitrogens with zero attached hydrogens (tertiary/aromatic N) is 1. The molecule has 0 bridgehead atoms. The van der Waals surface area contributed by atoms with Crippen LogP contribution in [0.25, 0.3) is 0 Å². The molecule has 0 saturated carbocycles. The molecule has 0 aromatic rings. The Labute approximate surface area is 98.8 Å². The van der Waals surface area contributed by atoms with Crippen molar-refractivity contribution in [3.8, 4) is 0 Å². The summed E-state index contributed by atoms with van der Waals surface area (Å²) in [7, 11) is 0. The van der Waals surface area contributed by atoms with Crippen molar-refractivity contribution in [3.05, 3.63) is 0 Å². The van der Waals surface area contributed by atoms with E-state index in [2.05, 4.69) is 4.90 Å². The summed E-state index contributed by atoms with van der Waals surface area (Å²) in [5.41, 5.74) is -0.456. The summed E-state index contributed by atoms with van der Waals surface area (Å²) in [6.07, 6.45) is 7.49. The molecule has 3 heteroatoms. The number of β-amino-alcohol motifs (C(OH)–C–C–N with tert-alkyl or cyclic N) is 1. The maximum absolute atomic E-state index is 9.99. The lowest BCUT2D eigenvalue weighted by atomic mass is 9.95.